The predicted octanol–water partition coefficient (Wildman–Crippen LogP) is 2.49. The number of nitrogens with zero attached hydrogens (tertiary/aromatic N) is 1. The van der Waals surface area contributed by atoms with E-state index in [9.17, 15) is 9.59 Å². The summed E-state index contributed by atoms with van der Waals surface area (Å²) in [5, 5.41) is 12.5. The molecule has 0 unspecified atom stereocenters. The van der Waals surface area contributed by atoms with Crippen LogP contribution in [0.4, 0.5) is 0 Å². The maximum atomic E-state index is 12.0. The maximum absolute atomic E-state index is 12.0. The molecule has 2 heterocycles. The van der Waals surface area contributed by atoms with Gasteiger partial charge in [0.15, 0.2) is 5.76 Å². The van der Waals surface area contributed by atoms with E-state index < -0.39 is 11.9 Å². The zero-order valence-electron chi connectivity index (χ0n) is 11.8. The van der Waals surface area contributed by atoms with Crippen LogP contribution in [0.2, 0.25) is 0 Å². The lowest BCUT2D eigenvalue weighted by Gasteiger charge is -1.99. The number of furan rings is 1. The Hall–Kier alpha value is -2.15. The van der Waals surface area contributed by atoms with Gasteiger partial charge in [0.05, 0.1) is 6.54 Å². The number of thiazole rings is 1. The van der Waals surface area contributed by atoms with Crippen LogP contribution >= 0.6 is 11.3 Å². The fourth-order valence-electron chi connectivity index (χ4n) is 1.82. The lowest BCUT2D eigenvalue weighted by Crippen LogP contribution is -2.22. The normalized spacial score (nSPS) is 10.6. The number of aryl methyl sites for hydroxylation is 2. The van der Waals surface area contributed by atoms with Crippen LogP contribution in [-0.4, -0.2) is 22.0 Å². The molecule has 0 aromatic carbocycles. The molecule has 2 rings (SSSR count). The molecule has 0 radical (unpaired) electrons. The number of nitrogens with one attached hydrogen (secondary N) is 1. The summed E-state index contributed by atoms with van der Waals surface area (Å²) in [6.45, 7) is 4.11. The number of carboxylic acids is 1. The van der Waals surface area contributed by atoms with Gasteiger partial charge in [0.1, 0.15) is 16.3 Å². The van der Waals surface area contributed by atoms with Gasteiger partial charge < -0.3 is 14.8 Å². The molecular weight excluding hydrogens is 292 g/mol. The Balaban J connectivity index is 2.04. The molecular formula is C14H16N2O4S. The molecule has 2 N–H and O–H groups in total. The number of carbonyl (C=O) groups excluding carboxylic acids is 1. The van der Waals surface area contributed by atoms with Crippen LogP contribution in [0.25, 0.3) is 0 Å². The summed E-state index contributed by atoms with van der Waals surface area (Å²) < 4.78 is 5.29. The van der Waals surface area contributed by atoms with Crippen molar-refractivity contribution in [3.63, 3.8) is 0 Å². The number of hydrogen-bond donors (Lipinski definition) is 2. The van der Waals surface area contributed by atoms with Gasteiger partial charge in [-0.25, -0.2) is 9.78 Å². The van der Waals surface area contributed by atoms with Crippen molar-refractivity contribution < 1.29 is 19.1 Å². The number of amides is 1. The molecule has 0 fully saturated rings. The minimum Gasteiger partial charge on any atom is -0.478 e. The number of aromatic nitrogens is 1. The topological polar surface area (TPSA) is 92.4 Å². The molecule has 0 aliphatic carbocycles. The molecule has 6 nitrogen and oxygen atoms in total. The number of carboxylic acid groups (broad SMARTS) is 1. The van der Waals surface area contributed by atoms with Crippen molar-refractivity contribution in [2.45, 2.75) is 33.2 Å². The molecule has 21 heavy (non-hydrogen) atoms. The van der Waals surface area contributed by atoms with E-state index in [4.69, 9.17) is 9.52 Å². The van der Waals surface area contributed by atoms with Gasteiger partial charge in [-0.15, -0.1) is 11.3 Å². The highest BCUT2D eigenvalue weighted by molar-refractivity contribution is 7.11. The number of hydrogen-bond acceptors (Lipinski definition) is 5. The Morgan fingerprint density at radius 3 is 2.67 bits per heavy atom. The van der Waals surface area contributed by atoms with Gasteiger partial charge in [0, 0.05) is 23.6 Å². The van der Waals surface area contributed by atoms with Crippen molar-refractivity contribution in [1.82, 2.24) is 10.3 Å². The average Bonchev–Trinajstić information content (AvgIpc) is 3.10. The third kappa shape index (κ3) is 3.49. The first kappa shape index (κ1) is 15.2. The standard InChI is InChI=1S/C14H16N2O4S/c1-3-8-6-15-12(21-8)7-16-13(17)11-5-9(14(18)19)10(4-2)20-11/h5-6H,3-4,7H2,1-2H3,(H,16,17)(H,18,19). The van der Waals surface area contributed by atoms with E-state index in [1.165, 1.54) is 17.4 Å². The first-order chi connectivity index (χ1) is 10.0. The average molecular weight is 308 g/mol. The Morgan fingerprint density at radius 2 is 2.14 bits per heavy atom. The molecule has 0 atom stereocenters. The summed E-state index contributed by atoms with van der Waals surface area (Å²) in [7, 11) is 0. The molecule has 0 saturated heterocycles. The Bertz CT molecular complexity index is 660. The van der Waals surface area contributed by atoms with Crippen LogP contribution in [0.15, 0.2) is 16.7 Å². The van der Waals surface area contributed by atoms with E-state index >= 15 is 0 Å². The minimum atomic E-state index is -1.10. The van der Waals surface area contributed by atoms with Crippen LogP contribution in [0.5, 0.6) is 0 Å². The smallest absolute Gasteiger partial charge is 0.339 e. The second-order valence-electron chi connectivity index (χ2n) is 4.36. The first-order valence-electron chi connectivity index (χ1n) is 6.62. The summed E-state index contributed by atoms with van der Waals surface area (Å²) in [5.74, 6) is -1.22. The molecule has 0 aliphatic rings. The zero-order valence-corrected chi connectivity index (χ0v) is 12.6. The molecule has 0 bridgehead atoms. The summed E-state index contributed by atoms with van der Waals surface area (Å²) in [6, 6.07) is 1.26. The highest BCUT2D eigenvalue weighted by atomic mass is 32.1. The molecule has 7 heteroatoms. The van der Waals surface area contributed by atoms with Crippen LogP contribution < -0.4 is 5.32 Å². The number of rotatable bonds is 6. The van der Waals surface area contributed by atoms with E-state index in [0.717, 1.165) is 16.3 Å². The first-order valence-corrected chi connectivity index (χ1v) is 7.44. The summed E-state index contributed by atoms with van der Waals surface area (Å²) in [6.07, 6.45) is 3.11. The Morgan fingerprint density at radius 1 is 1.38 bits per heavy atom. The van der Waals surface area contributed by atoms with E-state index in [1.54, 1.807) is 13.1 Å². The lowest BCUT2D eigenvalue weighted by atomic mass is 10.2. The third-order valence-corrected chi connectivity index (χ3v) is 4.08. The van der Waals surface area contributed by atoms with Gasteiger partial charge in [-0.3, -0.25) is 4.79 Å². The fraction of sp³-hybridized carbons (Fsp3) is 0.357. The van der Waals surface area contributed by atoms with E-state index in [2.05, 4.69) is 10.3 Å². The van der Waals surface area contributed by atoms with Crippen molar-refractivity contribution in [2.24, 2.45) is 0 Å². The van der Waals surface area contributed by atoms with E-state index in [1.807, 2.05) is 6.92 Å². The Kier molecular flexibility index (Phi) is 4.74. The zero-order chi connectivity index (χ0) is 15.4. The SMILES string of the molecule is CCc1cnc(CNC(=O)c2cc(C(=O)O)c(CC)o2)s1. The largest absolute Gasteiger partial charge is 0.478 e. The maximum Gasteiger partial charge on any atom is 0.339 e. The minimum absolute atomic E-state index is 0.0107. The molecule has 0 saturated carbocycles. The van der Waals surface area contributed by atoms with Gasteiger partial charge in [-0.05, 0) is 6.42 Å². The second-order valence-corrected chi connectivity index (χ2v) is 5.56. The van der Waals surface area contributed by atoms with Crippen molar-refractivity contribution in [3.05, 3.63) is 39.2 Å². The molecule has 112 valence electrons. The van der Waals surface area contributed by atoms with E-state index in [0.29, 0.717) is 18.7 Å². The number of aromatic carboxylic acids is 1. The van der Waals surface area contributed by atoms with Gasteiger partial charge in [0.25, 0.3) is 5.91 Å². The van der Waals surface area contributed by atoms with E-state index in [-0.39, 0.29) is 11.3 Å². The third-order valence-electron chi connectivity index (χ3n) is 2.93. The van der Waals surface area contributed by atoms with Gasteiger partial charge in [-0.2, -0.15) is 0 Å². The van der Waals surface area contributed by atoms with Crippen molar-refractivity contribution >= 4 is 23.2 Å². The molecule has 1 amide bonds. The fourth-order valence-corrected chi connectivity index (χ4v) is 2.62. The summed E-state index contributed by atoms with van der Waals surface area (Å²) in [4.78, 5) is 28.4. The highest BCUT2D eigenvalue weighted by Crippen LogP contribution is 2.17. The second kappa shape index (κ2) is 6.53. The lowest BCUT2D eigenvalue weighted by molar-refractivity contribution is 0.0694. The van der Waals surface area contributed by atoms with Crippen LogP contribution in [0.3, 0.4) is 0 Å². The van der Waals surface area contributed by atoms with Gasteiger partial charge >= 0.3 is 5.97 Å². The van der Waals surface area contributed by atoms with Crippen LogP contribution in [-0.2, 0) is 19.4 Å². The highest BCUT2D eigenvalue weighted by Gasteiger charge is 2.20. The van der Waals surface area contributed by atoms with Gasteiger partial charge in [0.2, 0.25) is 0 Å². The number of carbonyl (C=O) groups is 2. The molecule has 2 aromatic heterocycles. The van der Waals surface area contributed by atoms with Crippen molar-refractivity contribution in [2.75, 3.05) is 0 Å². The monoisotopic (exact) mass is 308 g/mol. The van der Waals surface area contributed by atoms with Crippen LogP contribution in [0, 0.1) is 0 Å². The van der Waals surface area contributed by atoms with Crippen molar-refractivity contribution in [1.29, 1.82) is 0 Å². The summed E-state index contributed by atoms with van der Waals surface area (Å²) in [5.41, 5.74) is 0.0326. The Labute approximate surface area is 125 Å². The van der Waals surface area contributed by atoms with Gasteiger partial charge in [-0.1, -0.05) is 13.8 Å². The molecule has 0 aliphatic heterocycles. The summed E-state index contributed by atoms with van der Waals surface area (Å²) >= 11 is 1.54. The quantitative estimate of drug-likeness (QED) is 0.855. The van der Waals surface area contributed by atoms with Crippen molar-refractivity contribution in [3.8, 4) is 0 Å². The molecule has 2 aromatic rings. The predicted molar refractivity (Wildman–Crippen MR) is 77.7 cm³/mol. The molecule has 0 spiro atoms. The van der Waals surface area contributed by atoms with Crippen LogP contribution in [0.1, 0.15) is 50.4 Å².